The van der Waals surface area contributed by atoms with Crippen LogP contribution in [0.2, 0.25) is 0 Å². The van der Waals surface area contributed by atoms with Crippen molar-refractivity contribution in [3.05, 3.63) is 41.3 Å². The van der Waals surface area contributed by atoms with Crippen LogP contribution in [0.15, 0.2) is 29.3 Å². The minimum atomic E-state index is -3.97. The fraction of sp³-hybridized carbons (Fsp3) is 0.250. The Kier molecular flexibility index (Phi) is 3.78. The molecule has 0 radical (unpaired) electrons. The predicted octanol–water partition coefficient (Wildman–Crippen LogP) is 1.14. The number of aromatic amines is 1. The second-order valence-electron chi connectivity index (χ2n) is 4.26. The third kappa shape index (κ3) is 2.27. The van der Waals surface area contributed by atoms with Gasteiger partial charge in [-0.2, -0.15) is 13.5 Å². The van der Waals surface area contributed by atoms with E-state index in [0.29, 0.717) is 11.3 Å². The quantitative estimate of drug-likeness (QED) is 0.885. The number of halogens is 1. The summed E-state index contributed by atoms with van der Waals surface area (Å²) in [6, 6.07) is 5.63. The molecule has 8 heteroatoms. The Bertz CT molecular complexity index is 727. The van der Waals surface area contributed by atoms with E-state index in [1.807, 2.05) is 0 Å². The normalized spacial score (nSPS) is 11.6. The van der Waals surface area contributed by atoms with Crippen LogP contribution >= 0.6 is 0 Å². The van der Waals surface area contributed by atoms with Gasteiger partial charge in [0, 0.05) is 24.8 Å². The van der Waals surface area contributed by atoms with Crippen molar-refractivity contribution in [1.29, 1.82) is 0 Å². The van der Waals surface area contributed by atoms with Crippen molar-refractivity contribution >= 4 is 15.7 Å². The molecule has 0 amide bonds. The van der Waals surface area contributed by atoms with Crippen LogP contribution in [0.5, 0.6) is 0 Å². The van der Waals surface area contributed by atoms with Crippen molar-refractivity contribution in [3.63, 3.8) is 0 Å². The number of H-pyrrole nitrogens is 1. The molecule has 6 nitrogen and oxygen atoms in total. The second-order valence-corrected chi connectivity index (χ2v) is 6.14. The topological polar surface area (TPSA) is 92.1 Å². The Morgan fingerprint density at radius 1 is 1.40 bits per heavy atom. The number of para-hydroxylation sites is 1. The summed E-state index contributed by atoms with van der Waals surface area (Å²) in [5.74, 6) is -0.625. The van der Waals surface area contributed by atoms with Crippen LogP contribution in [0.25, 0.3) is 0 Å². The molecule has 0 aliphatic carbocycles. The highest BCUT2D eigenvalue weighted by atomic mass is 32.2. The lowest BCUT2D eigenvalue weighted by Crippen LogP contribution is -2.28. The molecule has 1 aromatic heterocycles. The van der Waals surface area contributed by atoms with Gasteiger partial charge in [-0.3, -0.25) is 9.40 Å². The number of nitrogens with one attached hydrogen (secondary N) is 1. The van der Waals surface area contributed by atoms with Crippen LogP contribution in [0, 0.1) is 12.7 Å². The van der Waals surface area contributed by atoms with E-state index in [1.54, 1.807) is 13.0 Å². The predicted molar refractivity (Wildman–Crippen MR) is 73.2 cm³/mol. The van der Waals surface area contributed by atoms with Crippen LogP contribution in [-0.2, 0) is 16.6 Å². The van der Waals surface area contributed by atoms with E-state index in [2.05, 4.69) is 10.2 Å². The summed E-state index contributed by atoms with van der Waals surface area (Å²) in [6.07, 6.45) is 0. The maximum absolute atomic E-state index is 13.7. The monoisotopic (exact) mass is 298 g/mol. The highest BCUT2D eigenvalue weighted by Gasteiger charge is 2.29. The summed E-state index contributed by atoms with van der Waals surface area (Å²) in [6.45, 7) is 1.71. The van der Waals surface area contributed by atoms with E-state index in [4.69, 9.17) is 5.73 Å². The van der Waals surface area contributed by atoms with E-state index in [0.717, 1.165) is 4.31 Å². The minimum Gasteiger partial charge on any atom is -0.326 e. The van der Waals surface area contributed by atoms with E-state index in [-0.39, 0.29) is 17.3 Å². The summed E-state index contributed by atoms with van der Waals surface area (Å²) in [4.78, 5) is 0. The van der Waals surface area contributed by atoms with E-state index in [1.165, 1.54) is 25.2 Å². The molecule has 2 aromatic rings. The molecule has 1 aromatic carbocycles. The number of hydrogen-bond donors (Lipinski definition) is 2. The SMILES string of the molecule is Cc1[nH]nc(S(=O)(=O)N(C)c2ccccc2F)c1CN. The fourth-order valence-electron chi connectivity index (χ4n) is 1.85. The van der Waals surface area contributed by atoms with E-state index >= 15 is 0 Å². The van der Waals surface area contributed by atoms with Crippen molar-refractivity contribution in [2.75, 3.05) is 11.4 Å². The molecule has 0 saturated heterocycles. The lowest BCUT2D eigenvalue weighted by Gasteiger charge is -2.19. The highest BCUT2D eigenvalue weighted by molar-refractivity contribution is 7.92. The molecule has 0 spiro atoms. The Morgan fingerprint density at radius 3 is 2.65 bits per heavy atom. The zero-order valence-corrected chi connectivity index (χ0v) is 11.9. The van der Waals surface area contributed by atoms with Crippen LogP contribution in [0.3, 0.4) is 0 Å². The Balaban J connectivity index is 2.53. The number of aryl methyl sites for hydroxylation is 1. The molecule has 0 atom stereocenters. The minimum absolute atomic E-state index is 0.0298. The first-order valence-electron chi connectivity index (χ1n) is 5.87. The number of rotatable bonds is 4. The summed E-state index contributed by atoms with van der Waals surface area (Å²) < 4.78 is 39.6. The Morgan fingerprint density at radius 2 is 2.05 bits per heavy atom. The first-order chi connectivity index (χ1) is 9.39. The highest BCUT2D eigenvalue weighted by Crippen LogP contribution is 2.26. The molecule has 0 bridgehead atoms. The van der Waals surface area contributed by atoms with Gasteiger partial charge < -0.3 is 5.73 Å². The van der Waals surface area contributed by atoms with Crippen molar-refractivity contribution < 1.29 is 12.8 Å². The lowest BCUT2D eigenvalue weighted by atomic mass is 10.3. The van der Waals surface area contributed by atoms with Crippen LogP contribution in [0.4, 0.5) is 10.1 Å². The third-order valence-electron chi connectivity index (χ3n) is 3.04. The van der Waals surface area contributed by atoms with Crippen molar-refractivity contribution in [2.45, 2.75) is 18.5 Å². The molecule has 20 heavy (non-hydrogen) atoms. The van der Waals surface area contributed by atoms with Crippen molar-refractivity contribution in [2.24, 2.45) is 5.73 Å². The molecule has 0 fully saturated rings. The zero-order chi connectivity index (χ0) is 14.9. The maximum Gasteiger partial charge on any atom is 0.283 e. The molecule has 0 aliphatic heterocycles. The van der Waals surface area contributed by atoms with Gasteiger partial charge in [0.2, 0.25) is 5.03 Å². The van der Waals surface area contributed by atoms with Crippen molar-refractivity contribution in [3.8, 4) is 0 Å². The van der Waals surface area contributed by atoms with Crippen LogP contribution in [0.1, 0.15) is 11.3 Å². The number of aromatic nitrogens is 2. The van der Waals surface area contributed by atoms with Gasteiger partial charge in [-0.25, -0.2) is 4.39 Å². The first-order valence-corrected chi connectivity index (χ1v) is 7.31. The smallest absolute Gasteiger partial charge is 0.283 e. The van der Waals surface area contributed by atoms with Gasteiger partial charge in [0.15, 0.2) is 0 Å². The molecular formula is C12H15FN4O2S. The Labute approximate surface area is 116 Å². The van der Waals surface area contributed by atoms with Crippen LogP contribution < -0.4 is 10.0 Å². The number of nitrogens with two attached hydrogens (primary N) is 1. The van der Waals surface area contributed by atoms with Crippen molar-refractivity contribution in [1.82, 2.24) is 10.2 Å². The molecule has 1 heterocycles. The fourth-order valence-corrected chi connectivity index (χ4v) is 3.23. The largest absolute Gasteiger partial charge is 0.326 e. The second kappa shape index (κ2) is 5.22. The summed E-state index contributed by atoms with van der Waals surface area (Å²) >= 11 is 0. The molecule has 3 N–H and O–H groups in total. The summed E-state index contributed by atoms with van der Waals surface area (Å²) in [7, 11) is -2.69. The first kappa shape index (κ1) is 14.5. The van der Waals surface area contributed by atoms with E-state index < -0.39 is 15.8 Å². The van der Waals surface area contributed by atoms with Gasteiger partial charge in [-0.15, -0.1) is 0 Å². The average Bonchev–Trinajstić information content (AvgIpc) is 2.80. The molecule has 2 rings (SSSR count). The molecule has 0 unspecified atom stereocenters. The molecular weight excluding hydrogens is 283 g/mol. The van der Waals surface area contributed by atoms with Gasteiger partial charge in [0.1, 0.15) is 5.82 Å². The maximum atomic E-state index is 13.7. The van der Waals surface area contributed by atoms with Gasteiger partial charge in [-0.1, -0.05) is 12.1 Å². The lowest BCUT2D eigenvalue weighted by molar-refractivity contribution is 0.584. The van der Waals surface area contributed by atoms with Gasteiger partial charge in [-0.05, 0) is 19.1 Å². The standard InChI is InChI=1S/C12H15FN4O2S/c1-8-9(7-14)12(16-15-8)20(18,19)17(2)11-6-4-3-5-10(11)13/h3-6H,7,14H2,1-2H3,(H,15,16). The Hall–Kier alpha value is -1.93. The zero-order valence-electron chi connectivity index (χ0n) is 11.1. The van der Waals surface area contributed by atoms with E-state index in [9.17, 15) is 12.8 Å². The number of benzene rings is 1. The van der Waals surface area contributed by atoms with Gasteiger partial charge in [0.05, 0.1) is 5.69 Å². The third-order valence-corrected chi connectivity index (χ3v) is 4.78. The molecule has 0 aliphatic rings. The number of sulfonamides is 1. The number of hydrogen-bond acceptors (Lipinski definition) is 4. The van der Waals surface area contributed by atoms with Gasteiger partial charge >= 0.3 is 0 Å². The number of nitrogens with zero attached hydrogens (tertiary/aromatic N) is 2. The molecule has 0 saturated carbocycles. The summed E-state index contributed by atoms with van der Waals surface area (Å²) in [5.41, 5.74) is 6.47. The van der Waals surface area contributed by atoms with Crippen LogP contribution in [-0.4, -0.2) is 25.7 Å². The average molecular weight is 298 g/mol. The number of anilines is 1. The summed E-state index contributed by atoms with van der Waals surface area (Å²) in [5, 5.41) is 6.19. The molecule has 108 valence electrons. The van der Waals surface area contributed by atoms with Gasteiger partial charge in [0.25, 0.3) is 10.0 Å².